The molecule has 11 heteroatoms. The average Bonchev–Trinajstić information content (AvgIpc) is 2.88. The number of aliphatic hydroxyl groups is 2. The Morgan fingerprint density at radius 1 is 1.07 bits per heavy atom. The number of sulfone groups is 1. The van der Waals surface area contributed by atoms with E-state index in [1.807, 2.05) is 24.3 Å². The van der Waals surface area contributed by atoms with Gasteiger partial charge in [-0.25, -0.2) is 8.42 Å². The number of phenolic OH excluding ortho intramolecular Hbond substituents is 1. The number of para-hydroxylation sites is 1. The zero-order valence-corrected chi connectivity index (χ0v) is 25.0. The summed E-state index contributed by atoms with van der Waals surface area (Å²) in [7, 11) is -3.82. The van der Waals surface area contributed by atoms with Crippen LogP contribution in [0, 0.1) is 5.92 Å². The van der Waals surface area contributed by atoms with Gasteiger partial charge in [-0.1, -0.05) is 24.3 Å². The lowest BCUT2D eigenvalue weighted by atomic mass is 9.72. The molecule has 1 heterocycles. The molecule has 4 N–H and O–H groups in total. The number of aromatic nitrogens is 1. The highest BCUT2D eigenvalue weighted by atomic mass is 32.2. The molecule has 2 aromatic carbocycles. The molecule has 2 unspecified atom stereocenters. The summed E-state index contributed by atoms with van der Waals surface area (Å²) < 4.78 is 30.8. The van der Waals surface area contributed by atoms with Crippen LogP contribution in [0.2, 0.25) is 0 Å². The summed E-state index contributed by atoms with van der Waals surface area (Å²) in [6.45, 7) is 4.64. The minimum absolute atomic E-state index is 0.0114. The average molecular weight is 599 g/mol. The third-order valence-electron chi connectivity index (χ3n) is 8.13. The molecule has 1 aromatic heterocycles. The van der Waals surface area contributed by atoms with Crippen molar-refractivity contribution >= 4 is 15.7 Å². The molecule has 0 bridgehead atoms. The molecular formula is C31H38N2O8S. The Hall–Kier alpha value is -3.67. The van der Waals surface area contributed by atoms with Crippen molar-refractivity contribution in [1.29, 1.82) is 0 Å². The van der Waals surface area contributed by atoms with E-state index in [1.165, 1.54) is 31.3 Å². The van der Waals surface area contributed by atoms with E-state index in [9.17, 15) is 33.3 Å². The normalized spacial score (nSPS) is 19.3. The van der Waals surface area contributed by atoms with Crippen LogP contribution >= 0.6 is 0 Å². The van der Waals surface area contributed by atoms with Crippen LogP contribution in [0.15, 0.2) is 71.7 Å². The van der Waals surface area contributed by atoms with E-state index in [2.05, 4.69) is 5.32 Å². The number of rotatable bonds is 11. The van der Waals surface area contributed by atoms with Gasteiger partial charge in [-0.2, -0.15) is 0 Å². The van der Waals surface area contributed by atoms with E-state index in [1.54, 1.807) is 32.0 Å². The van der Waals surface area contributed by atoms with Crippen molar-refractivity contribution in [3.8, 4) is 22.6 Å². The molecule has 3 aromatic rings. The van der Waals surface area contributed by atoms with Gasteiger partial charge in [-0.3, -0.25) is 14.2 Å². The Kier molecular flexibility index (Phi) is 8.86. The van der Waals surface area contributed by atoms with Crippen LogP contribution in [0.25, 0.3) is 11.1 Å². The van der Waals surface area contributed by atoms with Gasteiger partial charge in [0.05, 0.1) is 22.0 Å². The molecule has 226 valence electrons. The van der Waals surface area contributed by atoms with Crippen LogP contribution in [0.1, 0.15) is 56.6 Å². The van der Waals surface area contributed by atoms with Gasteiger partial charge >= 0.3 is 0 Å². The lowest BCUT2D eigenvalue weighted by Gasteiger charge is -2.42. The predicted octanol–water partition coefficient (Wildman–Crippen LogP) is 3.26. The number of ether oxygens (including phenoxy) is 1. The molecule has 2 atom stereocenters. The number of nitrogens with one attached hydrogen (secondary N) is 1. The van der Waals surface area contributed by atoms with Crippen molar-refractivity contribution < 1.29 is 33.3 Å². The summed E-state index contributed by atoms with van der Waals surface area (Å²) in [6.07, 6.45) is 2.17. The van der Waals surface area contributed by atoms with E-state index in [0.717, 1.165) is 29.2 Å². The molecule has 1 amide bonds. The second-order valence-electron chi connectivity index (χ2n) is 11.9. The quantitative estimate of drug-likeness (QED) is 0.262. The second kappa shape index (κ2) is 11.9. The first-order valence-electron chi connectivity index (χ1n) is 13.7. The number of nitrogens with zero attached hydrogens (tertiary/aromatic N) is 1. The van der Waals surface area contributed by atoms with Gasteiger partial charge in [-0.15, -0.1) is 0 Å². The fraction of sp³-hybridized carbons (Fsp3) is 0.419. The van der Waals surface area contributed by atoms with Gasteiger partial charge in [-0.05, 0) is 81.0 Å². The van der Waals surface area contributed by atoms with Gasteiger partial charge in [0.1, 0.15) is 17.7 Å². The summed E-state index contributed by atoms with van der Waals surface area (Å²) in [5, 5.41) is 33.5. The Balaban J connectivity index is 1.42. The van der Waals surface area contributed by atoms with Crippen molar-refractivity contribution in [2.24, 2.45) is 5.92 Å². The SMILES string of the molecule is CC(C)(O)C1CC(Oc2ccc(-c3ccn(C(O)CC(C)(CNC(=O)c4ccccc4O)S(C)(=O)=O)c(=O)c3)cc2)C1. The molecule has 0 radical (unpaired) electrons. The molecule has 0 aliphatic heterocycles. The van der Waals surface area contributed by atoms with Crippen LogP contribution in [0.3, 0.4) is 0 Å². The Morgan fingerprint density at radius 2 is 1.71 bits per heavy atom. The largest absolute Gasteiger partial charge is 0.507 e. The molecule has 1 aliphatic carbocycles. The van der Waals surface area contributed by atoms with E-state index in [0.29, 0.717) is 11.3 Å². The summed E-state index contributed by atoms with van der Waals surface area (Å²) >= 11 is 0. The van der Waals surface area contributed by atoms with E-state index in [-0.39, 0.29) is 36.3 Å². The molecule has 1 aliphatic rings. The van der Waals surface area contributed by atoms with E-state index >= 15 is 0 Å². The van der Waals surface area contributed by atoms with E-state index in [4.69, 9.17) is 4.74 Å². The van der Waals surface area contributed by atoms with Crippen LogP contribution in [0.4, 0.5) is 0 Å². The van der Waals surface area contributed by atoms with Crippen LogP contribution in [-0.4, -0.2) is 63.5 Å². The third-order valence-corrected chi connectivity index (χ3v) is 10.2. The maximum absolute atomic E-state index is 13.0. The number of carbonyl (C=O) groups excluding carboxylic acids is 1. The highest BCUT2D eigenvalue weighted by Gasteiger charge is 2.40. The highest BCUT2D eigenvalue weighted by Crippen LogP contribution is 2.38. The van der Waals surface area contributed by atoms with Gasteiger partial charge in [0.2, 0.25) is 0 Å². The molecule has 42 heavy (non-hydrogen) atoms. The summed E-state index contributed by atoms with van der Waals surface area (Å²) in [6, 6.07) is 16.2. The third kappa shape index (κ3) is 7.03. The molecule has 0 spiro atoms. The van der Waals surface area contributed by atoms with Crippen LogP contribution in [0.5, 0.6) is 11.5 Å². The Labute approximate surface area is 245 Å². The standard InChI is InChI=1S/C31H38N2O8S/c1-30(2,38)22-16-24(17-22)41-23-11-9-20(10-12-23)21-13-14-33(27(35)15-21)28(36)18-31(3,42(4,39)40)19-32-29(37)25-7-5-6-8-26(25)34/h5-15,22,24,28,34,36,38H,16-19H2,1-4H3,(H,32,37). The number of pyridine rings is 1. The summed E-state index contributed by atoms with van der Waals surface area (Å²) in [5.74, 6) is -0.0114. The van der Waals surface area contributed by atoms with Crippen LogP contribution < -0.4 is 15.6 Å². The monoisotopic (exact) mass is 598 g/mol. The fourth-order valence-corrected chi connectivity index (χ4v) is 5.73. The maximum Gasteiger partial charge on any atom is 0.255 e. The number of benzene rings is 2. The minimum Gasteiger partial charge on any atom is -0.507 e. The first-order valence-corrected chi connectivity index (χ1v) is 15.6. The number of aromatic hydroxyl groups is 1. The van der Waals surface area contributed by atoms with Crippen molar-refractivity contribution in [2.45, 2.75) is 62.7 Å². The Morgan fingerprint density at radius 3 is 2.29 bits per heavy atom. The molecular weight excluding hydrogens is 560 g/mol. The molecule has 0 saturated heterocycles. The van der Waals surface area contributed by atoms with Gasteiger partial charge in [0.25, 0.3) is 11.5 Å². The first-order chi connectivity index (χ1) is 19.6. The Bertz CT molecular complexity index is 1590. The van der Waals surface area contributed by atoms with Crippen LogP contribution in [-0.2, 0) is 9.84 Å². The highest BCUT2D eigenvalue weighted by molar-refractivity contribution is 7.92. The van der Waals surface area contributed by atoms with Crippen molar-refractivity contribution in [3.63, 3.8) is 0 Å². The lowest BCUT2D eigenvalue weighted by Crippen LogP contribution is -2.48. The smallest absolute Gasteiger partial charge is 0.255 e. The number of carbonyl (C=O) groups is 1. The van der Waals surface area contributed by atoms with E-state index < -0.39 is 37.9 Å². The molecule has 10 nitrogen and oxygen atoms in total. The zero-order valence-electron chi connectivity index (χ0n) is 24.1. The minimum atomic E-state index is -3.82. The fourth-order valence-electron chi connectivity index (χ4n) is 4.94. The van der Waals surface area contributed by atoms with Gasteiger partial charge in [0.15, 0.2) is 9.84 Å². The van der Waals surface area contributed by atoms with Crippen molar-refractivity contribution in [3.05, 3.63) is 82.8 Å². The number of aliphatic hydroxyl groups excluding tert-OH is 1. The number of amides is 1. The molecule has 1 fully saturated rings. The lowest BCUT2D eigenvalue weighted by molar-refractivity contribution is -0.0673. The number of hydrogen-bond donors (Lipinski definition) is 4. The number of phenols is 1. The second-order valence-corrected chi connectivity index (χ2v) is 14.4. The number of hydrogen-bond acceptors (Lipinski definition) is 8. The predicted molar refractivity (Wildman–Crippen MR) is 159 cm³/mol. The summed E-state index contributed by atoms with van der Waals surface area (Å²) in [5.41, 5.74) is 0.118. The molecule has 1 saturated carbocycles. The topological polar surface area (TPSA) is 155 Å². The van der Waals surface area contributed by atoms with Crippen molar-refractivity contribution in [2.75, 3.05) is 12.8 Å². The first kappa shape index (κ1) is 31.3. The van der Waals surface area contributed by atoms with Gasteiger partial charge in [0, 0.05) is 31.5 Å². The zero-order chi connectivity index (χ0) is 30.9. The molecule has 4 rings (SSSR count). The maximum atomic E-state index is 13.0. The summed E-state index contributed by atoms with van der Waals surface area (Å²) in [4.78, 5) is 25.5. The van der Waals surface area contributed by atoms with Gasteiger partial charge < -0.3 is 25.4 Å². The van der Waals surface area contributed by atoms with Crippen molar-refractivity contribution in [1.82, 2.24) is 9.88 Å².